The first-order valence-electron chi connectivity index (χ1n) is 4.28. The monoisotopic (exact) mass is 326 g/mol. The highest BCUT2D eigenvalue weighted by molar-refractivity contribution is 9.11. The predicted molar refractivity (Wildman–Crippen MR) is 65.9 cm³/mol. The normalized spacial score (nSPS) is 11.4. The molecule has 90 valence electrons. The highest BCUT2D eigenvalue weighted by atomic mass is 79.9. The first-order chi connectivity index (χ1) is 7.33. The van der Waals surface area contributed by atoms with E-state index in [1.807, 2.05) is 0 Å². The summed E-state index contributed by atoms with van der Waals surface area (Å²) in [5.74, 6) is -0.292. The van der Waals surface area contributed by atoms with Crippen LogP contribution in [0.5, 0.6) is 0 Å². The molecule has 0 bridgehead atoms. The smallest absolute Gasteiger partial charge is 0.250 e. The molecule has 0 radical (unpaired) electrons. The van der Waals surface area contributed by atoms with Gasteiger partial charge in [0.15, 0.2) is 0 Å². The average Bonchev–Trinajstić information content (AvgIpc) is 2.61. The van der Waals surface area contributed by atoms with E-state index >= 15 is 0 Å². The zero-order valence-corrected chi connectivity index (χ0v) is 11.9. The van der Waals surface area contributed by atoms with Crippen LogP contribution in [0.25, 0.3) is 0 Å². The number of carbonyl (C=O) groups excluding carboxylic acids is 1. The van der Waals surface area contributed by atoms with Gasteiger partial charge >= 0.3 is 0 Å². The number of carbonyl (C=O) groups is 1. The van der Waals surface area contributed by atoms with Crippen molar-refractivity contribution >= 4 is 43.2 Å². The topological polar surface area (TPSA) is 66.5 Å². The maximum absolute atomic E-state index is 11.7. The zero-order chi connectivity index (χ0) is 12.3. The lowest BCUT2D eigenvalue weighted by molar-refractivity contribution is -0.127. The summed E-state index contributed by atoms with van der Waals surface area (Å²) in [6, 6.07) is 3.13. The van der Waals surface area contributed by atoms with Gasteiger partial charge in [-0.15, -0.1) is 11.3 Å². The molecule has 0 fully saturated rings. The summed E-state index contributed by atoms with van der Waals surface area (Å²) in [6.07, 6.45) is 0. The first-order valence-corrected chi connectivity index (χ1v) is 7.37. The van der Waals surface area contributed by atoms with E-state index in [9.17, 15) is 13.2 Å². The van der Waals surface area contributed by atoms with Gasteiger partial charge in [-0.1, -0.05) is 0 Å². The third-order valence-corrected chi connectivity index (χ3v) is 5.24. The Bertz CT molecular complexity index is 481. The Morgan fingerprint density at radius 1 is 1.50 bits per heavy atom. The second-order valence-corrected chi connectivity index (χ2v) is 7.63. The second-order valence-electron chi connectivity index (χ2n) is 3.17. The van der Waals surface area contributed by atoms with Crippen LogP contribution >= 0.6 is 27.3 Å². The molecule has 5 nitrogen and oxygen atoms in total. The molecule has 16 heavy (non-hydrogen) atoms. The fourth-order valence-corrected chi connectivity index (χ4v) is 3.86. The number of thiophene rings is 1. The van der Waals surface area contributed by atoms with Gasteiger partial charge in [0, 0.05) is 14.1 Å². The Labute approximate surface area is 107 Å². The number of likely N-dealkylation sites (N-methyl/N-ethyl adjacent to an activating group) is 1. The highest BCUT2D eigenvalue weighted by Gasteiger charge is 2.17. The van der Waals surface area contributed by atoms with Gasteiger partial charge in [-0.05, 0) is 28.1 Å². The number of sulfonamides is 1. The lowest BCUT2D eigenvalue weighted by atomic mass is 10.6. The molecule has 0 aliphatic heterocycles. The second kappa shape index (κ2) is 5.26. The standard InChI is InChI=1S/C8H11BrN2O3S2/c1-11(2)7(12)5-10-16(13,14)8-4-3-6(9)15-8/h3-4,10H,5H2,1-2H3. The predicted octanol–water partition coefficient (Wildman–Crippen LogP) is 0.877. The number of hydrogen-bond donors (Lipinski definition) is 1. The van der Waals surface area contributed by atoms with E-state index in [1.165, 1.54) is 11.0 Å². The average molecular weight is 327 g/mol. The summed E-state index contributed by atoms with van der Waals surface area (Å²) in [7, 11) is -0.441. The largest absolute Gasteiger partial charge is 0.348 e. The summed E-state index contributed by atoms with van der Waals surface area (Å²) in [6.45, 7) is -0.231. The van der Waals surface area contributed by atoms with Crippen molar-refractivity contribution in [3.8, 4) is 0 Å². The Hall–Kier alpha value is -0.440. The number of amides is 1. The van der Waals surface area contributed by atoms with Crippen molar-refractivity contribution in [3.05, 3.63) is 15.9 Å². The van der Waals surface area contributed by atoms with Crippen molar-refractivity contribution in [3.63, 3.8) is 0 Å². The molecule has 0 atom stereocenters. The Morgan fingerprint density at radius 2 is 2.12 bits per heavy atom. The Balaban J connectivity index is 2.70. The third-order valence-electron chi connectivity index (χ3n) is 1.73. The Kier molecular flexibility index (Phi) is 4.48. The van der Waals surface area contributed by atoms with E-state index in [0.717, 1.165) is 15.1 Å². The summed E-state index contributed by atoms with van der Waals surface area (Å²) < 4.78 is 26.5. The van der Waals surface area contributed by atoms with Gasteiger partial charge in [-0.2, -0.15) is 0 Å². The maximum Gasteiger partial charge on any atom is 0.250 e. The van der Waals surface area contributed by atoms with Crippen molar-refractivity contribution in [1.29, 1.82) is 0 Å². The van der Waals surface area contributed by atoms with Gasteiger partial charge < -0.3 is 4.90 Å². The van der Waals surface area contributed by atoms with E-state index in [2.05, 4.69) is 20.7 Å². The SMILES string of the molecule is CN(C)C(=O)CNS(=O)(=O)c1ccc(Br)s1. The fourth-order valence-electron chi connectivity index (χ4n) is 0.828. The molecule has 1 heterocycles. The molecule has 0 spiro atoms. The van der Waals surface area contributed by atoms with E-state index in [-0.39, 0.29) is 16.7 Å². The highest BCUT2D eigenvalue weighted by Crippen LogP contribution is 2.25. The van der Waals surface area contributed by atoms with Crippen LogP contribution in [0.1, 0.15) is 0 Å². The molecule has 1 aromatic heterocycles. The summed E-state index contributed by atoms with van der Waals surface area (Å²) in [5.41, 5.74) is 0. The quantitative estimate of drug-likeness (QED) is 0.893. The van der Waals surface area contributed by atoms with E-state index < -0.39 is 10.0 Å². The molecule has 0 saturated carbocycles. The van der Waals surface area contributed by atoms with Gasteiger partial charge in [-0.25, -0.2) is 13.1 Å². The molecule has 0 saturated heterocycles. The molecule has 1 amide bonds. The van der Waals surface area contributed by atoms with Crippen LogP contribution in [0.2, 0.25) is 0 Å². The van der Waals surface area contributed by atoms with Gasteiger partial charge in [-0.3, -0.25) is 4.79 Å². The van der Waals surface area contributed by atoms with E-state index in [4.69, 9.17) is 0 Å². The van der Waals surface area contributed by atoms with Crippen LogP contribution in [-0.2, 0) is 14.8 Å². The minimum atomic E-state index is -3.58. The molecule has 1 aromatic rings. The maximum atomic E-state index is 11.7. The lowest BCUT2D eigenvalue weighted by Gasteiger charge is -2.10. The Morgan fingerprint density at radius 3 is 2.56 bits per heavy atom. The van der Waals surface area contributed by atoms with Crippen molar-refractivity contribution in [2.24, 2.45) is 0 Å². The van der Waals surface area contributed by atoms with Crippen molar-refractivity contribution in [2.45, 2.75) is 4.21 Å². The van der Waals surface area contributed by atoms with Crippen molar-refractivity contribution in [1.82, 2.24) is 9.62 Å². The minimum Gasteiger partial charge on any atom is -0.348 e. The van der Waals surface area contributed by atoms with Crippen LogP contribution in [0.4, 0.5) is 0 Å². The molecule has 0 aliphatic rings. The number of halogens is 1. The molecule has 0 aliphatic carbocycles. The molecule has 0 aromatic carbocycles. The van der Waals surface area contributed by atoms with Gasteiger partial charge in [0.05, 0.1) is 10.3 Å². The summed E-state index contributed by atoms with van der Waals surface area (Å²) >= 11 is 4.28. The fraction of sp³-hybridized carbons (Fsp3) is 0.375. The van der Waals surface area contributed by atoms with E-state index in [1.54, 1.807) is 20.2 Å². The first kappa shape index (κ1) is 13.6. The van der Waals surface area contributed by atoms with Crippen molar-refractivity contribution in [2.75, 3.05) is 20.6 Å². The lowest BCUT2D eigenvalue weighted by Crippen LogP contribution is -2.35. The zero-order valence-electron chi connectivity index (χ0n) is 8.73. The number of nitrogens with zero attached hydrogens (tertiary/aromatic N) is 1. The number of nitrogens with one attached hydrogen (secondary N) is 1. The van der Waals surface area contributed by atoms with Gasteiger partial charge in [0.2, 0.25) is 5.91 Å². The molecule has 1 rings (SSSR count). The van der Waals surface area contributed by atoms with Crippen LogP contribution < -0.4 is 4.72 Å². The molecular formula is C8H11BrN2O3S2. The molecule has 1 N–H and O–H groups in total. The van der Waals surface area contributed by atoms with E-state index in [0.29, 0.717) is 0 Å². The number of hydrogen-bond acceptors (Lipinski definition) is 4. The number of rotatable bonds is 4. The summed E-state index contributed by atoms with van der Waals surface area (Å²) in [5, 5.41) is 0. The van der Waals surface area contributed by atoms with Crippen LogP contribution in [0.3, 0.4) is 0 Å². The molecule has 8 heteroatoms. The molecular weight excluding hydrogens is 316 g/mol. The third kappa shape index (κ3) is 3.55. The summed E-state index contributed by atoms with van der Waals surface area (Å²) in [4.78, 5) is 12.5. The van der Waals surface area contributed by atoms with Crippen LogP contribution in [-0.4, -0.2) is 39.9 Å². The molecule has 0 unspecified atom stereocenters. The van der Waals surface area contributed by atoms with Crippen LogP contribution in [0.15, 0.2) is 20.1 Å². The minimum absolute atomic E-state index is 0.186. The van der Waals surface area contributed by atoms with Gasteiger partial charge in [0.25, 0.3) is 10.0 Å². The van der Waals surface area contributed by atoms with Crippen LogP contribution in [0, 0.1) is 0 Å². The van der Waals surface area contributed by atoms with Gasteiger partial charge in [0.1, 0.15) is 4.21 Å². The van der Waals surface area contributed by atoms with Crippen molar-refractivity contribution < 1.29 is 13.2 Å².